The number of halogens is 1. The van der Waals surface area contributed by atoms with Crippen LogP contribution in [-0.2, 0) is 13.6 Å². The first-order valence-corrected chi connectivity index (χ1v) is 4.95. The summed E-state index contributed by atoms with van der Waals surface area (Å²) in [5.74, 6) is 0. The molecule has 0 unspecified atom stereocenters. The van der Waals surface area contributed by atoms with Gasteiger partial charge in [0, 0.05) is 20.1 Å². The summed E-state index contributed by atoms with van der Waals surface area (Å²) in [7, 11) is 1.91. The van der Waals surface area contributed by atoms with E-state index in [1.165, 1.54) is 0 Å². The predicted octanol–water partition coefficient (Wildman–Crippen LogP) is 0.573. The molecule has 1 aromatic heterocycles. The molecule has 0 saturated carbocycles. The molecule has 0 radical (unpaired) electrons. The molecule has 0 aliphatic heterocycles. The maximum absolute atomic E-state index is 8.59. The molecule has 5 heteroatoms. The first-order valence-electron chi connectivity index (χ1n) is 4.16. The first kappa shape index (κ1) is 10.7. The molecule has 1 rings (SSSR count). The van der Waals surface area contributed by atoms with E-state index < -0.39 is 0 Å². The maximum Gasteiger partial charge on any atom is 0.0739 e. The van der Waals surface area contributed by atoms with Gasteiger partial charge in [0.05, 0.1) is 22.5 Å². The lowest BCUT2D eigenvalue weighted by molar-refractivity contribution is 0.291. The van der Waals surface area contributed by atoms with Crippen molar-refractivity contribution in [2.24, 2.45) is 7.05 Å². The summed E-state index contributed by atoms with van der Waals surface area (Å²) in [5.41, 5.74) is 2.09. The highest BCUT2D eigenvalue weighted by molar-refractivity contribution is 9.10. The number of aliphatic hydroxyl groups excluding tert-OH is 1. The number of hydrogen-bond donors (Lipinski definition) is 2. The second kappa shape index (κ2) is 4.74. The van der Waals surface area contributed by atoms with Crippen LogP contribution in [0.4, 0.5) is 0 Å². The number of hydrogen-bond acceptors (Lipinski definition) is 3. The van der Waals surface area contributed by atoms with E-state index in [2.05, 4.69) is 26.3 Å². The molecule has 0 bridgehead atoms. The van der Waals surface area contributed by atoms with Crippen LogP contribution in [0.1, 0.15) is 11.4 Å². The number of aromatic nitrogens is 2. The van der Waals surface area contributed by atoms with Crippen LogP contribution in [0.15, 0.2) is 4.47 Å². The topological polar surface area (TPSA) is 50.1 Å². The van der Waals surface area contributed by atoms with Crippen molar-refractivity contribution in [3.63, 3.8) is 0 Å². The van der Waals surface area contributed by atoms with Crippen LogP contribution in [0.25, 0.3) is 0 Å². The zero-order valence-electron chi connectivity index (χ0n) is 7.84. The van der Waals surface area contributed by atoms with Crippen molar-refractivity contribution in [1.29, 1.82) is 0 Å². The molecular weight excluding hydrogens is 234 g/mol. The van der Waals surface area contributed by atoms with Crippen molar-refractivity contribution in [3.8, 4) is 0 Å². The van der Waals surface area contributed by atoms with Gasteiger partial charge in [-0.1, -0.05) is 0 Å². The van der Waals surface area contributed by atoms with Gasteiger partial charge in [-0.25, -0.2) is 0 Å². The van der Waals surface area contributed by atoms with Crippen molar-refractivity contribution >= 4 is 15.9 Å². The second-order valence-corrected chi connectivity index (χ2v) is 3.66. The van der Waals surface area contributed by atoms with Crippen molar-refractivity contribution < 1.29 is 5.11 Å². The van der Waals surface area contributed by atoms with Crippen LogP contribution in [-0.4, -0.2) is 28.0 Å². The Kier molecular flexibility index (Phi) is 3.90. The van der Waals surface area contributed by atoms with E-state index in [1.54, 1.807) is 0 Å². The van der Waals surface area contributed by atoms with Gasteiger partial charge in [-0.3, -0.25) is 4.68 Å². The van der Waals surface area contributed by atoms with Crippen LogP contribution >= 0.6 is 15.9 Å². The van der Waals surface area contributed by atoms with E-state index in [-0.39, 0.29) is 6.61 Å². The Morgan fingerprint density at radius 1 is 1.62 bits per heavy atom. The Morgan fingerprint density at radius 3 is 2.77 bits per heavy atom. The molecule has 0 atom stereocenters. The summed E-state index contributed by atoms with van der Waals surface area (Å²) < 4.78 is 2.88. The van der Waals surface area contributed by atoms with Gasteiger partial charge in [0.1, 0.15) is 0 Å². The Hall–Kier alpha value is -0.390. The SMILES string of the molecule is Cc1nn(C)c(CNCCO)c1Br. The number of aryl methyl sites for hydroxylation is 2. The molecule has 2 N–H and O–H groups in total. The van der Waals surface area contributed by atoms with E-state index in [1.807, 2.05) is 18.7 Å². The molecule has 0 saturated heterocycles. The smallest absolute Gasteiger partial charge is 0.0739 e. The second-order valence-electron chi connectivity index (χ2n) is 2.87. The standard InChI is InChI=1S/C8H14BrN3O/c1-6-8(9)7(12(2)11-6)5-10-3-4-13/h10,13H,3-5H2,1-2H3. The van der Waals surface area contributed by atoms with Crippen LogP contribution in [0.3, 0.4) is 0 Å². The van der Waals surface area contributed by atoms with Crippen molar-refractivity contribution in [1.82, 2.24) is 15.1 Å². The lowest BCUT2D eigenvalue weighted by Crippen LogP contribution is -2.19. The minimum atomic E-state index is 0.161. The fourth-order valence-corrected chi connectivity index (χ4v) is 1.63. The average Bonchev–Trinajstić information content (AvgIpc) is 2.32. The Morgan fingerprint density at radius 2 is 2.31 bits per heavy atom. The molecule has 0 aromatic carbocycles. The molecule has 74 valence electrons. The molecular formula is C8H14BrN3O. The number of nitrogens with zero attached hydrogens (tertiary/aromatic N) is 2. The van der Waals surface area contributed by atoms with Gasteiger partial charge in [0.25, 0.3) is 0 Å². The van der Waals surface area contributed by atoms with Gasteiger partial charge in [-0.15, -0.1) is 0 Å². The highest BCUT2D eigenvalue weighted by Gasteiger charge is 2.08. The molecule has 1 heterocycles. The van der Waals surface area contributed by atoms with Crippen LogP contribution in [0.2, 0.25) is 0 Å². The molecule has 0 aliphatic carbocycles. The van der Waals surface area contributed by atoms with E-state index in [0.29, 0.717) is 6.54 Å². The first-order chi connectivity index (χ1) is 6.16. The van der Waals surface area contributed by atoms with Crippen LogP contribution in [0, 0.1) is 6.92 Å². The van der Waals surface area contributed by atoms with E-state index in [0.717, 1.165) is 22.4 Å². The Bertz CT molecular complexity index is 285. The largest absolute Gasteiger partial charge is 0.395 e. The minimum Gasteiger partial charge on any atom is -0.395 e. The van der Waals surface area contributed by atoms with Gasteiger partial charge >= 0.3 is 0 Å². The van der Waals surface area contributed by atoms with E-state index in [4.69, 9.17) is 5.11 Å². The number of nitrogens with one attached hydrogen (secondary N) is 1. The maximum atomic E-state index is 8.59. The summed E-state index contributed by atoms with van der Waals surface area (Å²) in [6.07, 6.45) is 0. The molecule has 4 nitrogen and oxygen atoms in total. The van der Waals surface area contributed by atoms with Gasteiger partial charge in [-0.2, -0.15) is 5.10 Å². The number of aliphatic hydroxyl groups is 1. The lowest BCUT2D eigenvalue weighted by Gasteiger charge is -2.03. The highest BCUT2D eigenvalue weighted by Crippen LogP contribution is 2.19. The highest BCUT2D eigenvalue weighted by atomic mass is 79.9. The Labute approximate surface area is 86.1 Å². The summed E-state index contributed by atoms with van der Waals surface area (Å²) >= 11 is 3.47. The molecule has 0 amide bonds. The van der Waals surface area contributed by atoms with E-state index >= 15 is 0 Å². The monoisotopic (exact) mass is 247 g/mol. The average molecular weight is 248 g/mol. The fraction of sp³-hybridized carbons (Fsp3) is 0.625. The summed E-state index contributed by atoms with van der Waals surface area (Å²) in [5, 5.41) is 16.0. The molecule has 1 aromatic rings. The summed E-state index contributed by atoms with van der Waals surface area (Å²) in [6.45, 7) is 3.45. The van der Waals surface area contributed by atoms with E-state index in [9.17, 15) is 0 Å². The summed E-state index contributed by atoms with van der Waals surface area (Å²) in [6, 6.07) is 0. The molecule has 0 fully saturated rings. The molecule has 0 spiro atoms. The van der Waals surface area contributed by atoms with Gasteiger partial charge in [0.15, 0.2) is 0 Å². The third-order valence-corrected chi connectivity index (χ3v) is 2.87. The number of rotatable bonds is 4. The lowest BCUT2D eigenvalue weighted by atomic mass is 10.3. The van der Waals surface area contributed by atoms with Crippen molar-refractivity contribution in [3.05, 3.63) is 15.9 Å². The quantitative estimate of drug-likeness (QED) is 0.766. The zero-order valence-corrected chi connectivity index (χ0v) is 9.43. The molecule has 0 aliphatic rings. The minimum absolute atomic E-state index is 0.161. The van der Waals surface area contributed by atoms with Crippen LogP contribution in [0.5, 0.6) is 0 Å². The van der Waals surface area contributed by atoms with Crippen molar-refractivity contribution in [2.75, 3.05) is 13.2 Å². The van der Waals surface area contributed by atoms with Gasteiger partial charge in [-0.05, 0) is 22.9 Å². The Balaban J connectivity index is 2.64. The zero-order chi connectivity index (χ0) is 9.84. The summed E-state index contributed by atoms with van der Waals surface area (Å²) in [4.78, 5) is 0. The third-order valence-electron chi connectivity index (χ3n) is 1.84. The van der Waals surface area contributed by atoms with Crippen LogP contribution < -0.4 is 5.32 Å². The predicted molar refractivity (Wildman–Crippen MR) is 54.4 cm³/mol. The third kappa shape index (κ3) is 2.52. The molecule has 13 heavy (non-hydrogen) atoms. The normalized spacial score (nSPS) is 10.8. The van der Waals surface area contributed by atoms with Gasteiger partial charge in [0.2, 0.25) is 0 Å². The van der Waals surface area contributed by atoms with Crippen molar-refractivity contribution in [2.45, 2.75) is 13.5 Å². The van der Waals surface area contributed by atoms with Gasteiger partial charge < -0.3 is 10.4 Å². The fourth-order valence-electron chi connectivity index (χ4n) is 1.16.